The van der Waals surface area contributed by atoms with Gasteiger partial charge < -0.3 is 10.4 Å². The molecule has 2 aromatic carbocycles. The van der Waals surface area contributed by atoms with Gasteiger partial charge in [0.15, 0.2) is 0 Å². The lowest BCUT2D eigenvalue weighted by Crippen LogP contribution is -2.16. The Bertz CT molecular complexity index is 725. The number of hydrogen-bond donors (Lipinski definition) is 2. The Hall–Kier alpha value is -2.33. The molecule has 0 atom stereocenters. The highest BCUT2D eigenvalue weighted by molar-refractivity contribution is 6.30. The molecule has 0 aliphatic rings. The molecule has 0 aliphatic carbocycles. The Morgan fingerprint density at radius 1 is 1.05 bits per heavy atom. The van der Waals surface area contributed by atoms with Gasteiger partial charge in [0.05, 0.1) is 11.3 Å². The summed E-state index contributed by atoms with van der Waals surface area (Å²) in [5.41, 5.74) is 2.33. The van der Waals surface area contributed by atoms with Gasteiger partial charge in [-0.25, -0.2) is 4.79 Å². The van der Waals surface area contributed by atoms with Crippen LogP contribution >= 0.6 is 11.6 Å². The summed E-state index contributed by atoms with van der Waals surface area (Å²) in [4.78, 5) is 23.5. The fourth-order valence-electron chi connectivity index (χ4n) is 2.02. The summed E-state index contributed by atoms with van der Waals surface area (Å²) >= 11 is 5.86. The molecule has 108 valence electrons. The number of rotatable bonds is 3. The van der Waals surface area contributed by atoms with Crippen LogP contribution in [0.4, 0.5) is 5.69 Å². The fourth-order valence-corrected chi connectivity index (χ4v) is 2.24. The molecule has 21 heavy (non-hydrogen) atoms. The Morgan fingerprint density at radius 3 is 2.38 bits per heavy atom. The van der Waals surface area contributed by atoms with Gasteiger partial charge in [0.1, 0.15) is 0 Å². The van der Waals surface area contributed by atoms with Crippen LogP contribution in [0.25, 0.3) is 0 Å². The number of halogens is 1. The van der Waals surface area contributed by atoms with Crippen LogP contribution in [-0.2, 0) is 0 Å². The highest BCUT2D eigenvalue weighted by Crippen LogP contribution is 2.20. The monoisotopic (exact) mass is 303 g/mol. The lowest BCUT2D eigenvalue weighted by Gasteiger charge is -2.11. The zero-order valence-electron chi connectivity index (χ0n) is 11.6. The zero-order valence-corrected chi connectivity index (χ0v) is 12.4. The molecular weight excluding hydrogens is 290 g/mol. The van der Waals surface area contributed by atoms with E-state index in [9.17, 15) is 14.7 Å². The van der Waals surface area contributed by atoms with Gasteiger partial charge in [-0.15, -0.1) is 0 Å². The van der Waals surface area contributed by atoms with Crippen molar-refractivity contribution >= 4 is 29.2 Å². The van der Waals surface area contributed by atoms with Crippen molar-refractivity contribution in [3.05, 3.63) is 63.7 Å². The molecule has 0 bridgehead atoms. The number of benzene rings is 2. The van der Waals surface area contributed by atoms with E-state index in [0.717, 1.165) is 11.1 Å². The van der Waals surface area contributed by atoms with Crippen molar-refractivity contribution < 1.29 is 14.7 Å². The molecule has 0 fully saturated rings. The zero-order chi connectivity index (χ0) is 15.6. The van der Waals surface area contributed by atoms with E-state index < -0.39 is 5.97 Å². The molecule has 0 radical (unpaired) electrons. The summed E-state index contributed by atoms with van der Waals surface area (Å²) in [6.45, 7) is 3.56. The maximum absolute atomic E-state index is 12.3. The summed E-state index contributed by atoms with van der Waals surface area (Å²) in [6, 6.07) is 9.77. The summed E-state index contributed by atoms with van der Waals surface area (Å²) in [5.74, 6) is -1.45. The minimum absolute atomic E-state index is 0.0648. The Morgan fingerprint density at radius 2 is 1.76 bits per heavy atom. The second-order valence-corrected chi connectivity index (χ2v) is 5.20. The third-order valence-electron chi connectivity index (χ3n) is 3.09. The topological polar surface area (TPSA) is 66.4 Å². The number of nitrogens with one attached hydrogen (secondary N) is 1. The van der Waals surface area contributed by atoms with Gasteiger partial charge in [-0.2, -0.15) is 0 Å². The van der Waals surface area contributed by atoms with E-state index in [1.807, 2.05) is 0 Å². The molecule has 4 nitrogen and oxygen atoms in total. The molecule has 2 aromatic rings. The number of hydrogen-bond acceptors (Lipinski definition) is 2. The van der Waals surface area contributed by atoms with Crippen LogP contribution in [0, 0.1) is 13.8 Å². The molecule has 0 heterocycles. The second kappa shape index (κ2) is 5.97. The Kier molecular flexibility index (Phi) is 4.29. The minimum Gasteiger partial charge on any atom is -0.478 e. The summed E-state index contributed by atoms with van der Waals surface area (Å²) in [7, 11) is 0. The molecule has 0 saturated heterocycles. The Labute approximate surface area is 127 Å². The largest absolute Gasteiger partial charge is 0.478 e. The maximum atomic E-state index is 12.3. The van der Waals surface area contributed by atoms with E-state index in [1.54, 1.807) is 44.2 Å². The van der Waals surface area contributed by atoms with Crippen LogP contribution in [0.3, 0.4) is 0 Å². The number of carboxylic acids is 1. The van der Waals surface area contributed by atoms with E-state index in [0.29, 0.717) is 10.6 Å². The lowest BCUT2D eigenvalue weighted by molar-refractivity contribution is 0.0698. The molecule has 2 N–H and O–H groups in total. The molecular formula is C16H14ClNO3. The first-order chi connectivity index (χ1) is 9.88. The highest BCUT2D eigenvalue weighted by atomic mass is 35.5. The third-order valence-corrected chi connectivity index (χ3v) is 3.32. The van der Waals surface area contributed by atoms with Crippen molar-refractivity contribution in [1.82, 2.24) is 0 Å². The SMILES string of the molecule is Cc1ccc(NC(=O)c2ccc(Cl)cc2C)c(C(=O)O)c1. The number of anilines is 1. The lowest BCUT2D eigenvalue weighted by atomic mass is 10.1. The van der Waals surface area contributed by atoms with Gasteiger partial charge >= 0.3 is 5.97 Å². The molecule has 2 rings (SSSR count). The van der Waals surface area contributed by atoms with Crippen LogP contribution in [0.1, 0.15) is 31.8 Å². The van der Waals surface area contributed by atoms with Crippen LogP contribution in [0.15, 0.2) is 36.4 Å². The molecule has 0 spiro atoms. The first kappa shape index (κ1) is 15.1. The van der Waals surface area contributed by atoms with Gasteiger partial charge in [0.2, 0.25) is 0 Å². The summed E-state index contributed by atoms with van der Waals surface area (Å²) in [6.07, 6.45) is 0. The van der Waals surface area contributed by atoms with Crippen molar-refractivity contribution in [3.63, 3.8) is 0 Å². The van der Waals surface area contributed by atoms with E-state index in [1.165, 1.54) is 6.07 Å². The van der Waals surface area contributed by atoms with Crippen molar-refractivity contribution in [2.45, 2.75) is 13.8 Å². The van der Waals surface area contributed by atoms with Crippen molar-refractivity contribution in [2.24, 2.45) is 0 Å². The number of aryl methyl sites for hydroxylation is 2. The van der Waals surface area contributed by atoms with Crippen molar-refractivity contribution in [3.8, 4) is 0 Å². The average Bonchev–Trinajstić information content (AvgIpc) is 2.40. The second-order valence-electron chi connectivity index (χ2n) is 4.77. The fraction of sp³-hybridized carbons (Fsp3) is 0.125. The minimum atomic E-state index is -1.08. The van der Waals surface area contributed by atoms with E-state index >= 15 is 0 Å². The standard InChI is InChI=1S/C16H14ClNO3/c1-9-3-6-14(13(7-9)16(20)21)18-15(19)12-5-4-11(17)8-10(12)2/h3-8H,1-2H3,(H,18,19)(H,20,21). The van der Waals surface area contributed by atoms with E-state index in [-0.39, 0.29) is 17.2 Å². The molecule has 5 heteroatoms. The van der Waals surface area contributed by atoms with Crippen molar-refractivity contribution in [2.75, 3.05) is 5.32 Å². The third kappa shape index (κ3) is 3.41. The summed E-state index contributed by atoms with van der Waals surface area (Å²) in [5, 5.41) is 12.4. The first-order valence-electron chi connectivity index (χ1n) is 6.30. The first-order valence-corrected chi connectivity index (χ1v) is 6.67. The molecule has 0 aliphatic heterocycles. The number of amides is 1. The van der Waals surface area contributed by atoms with Gasteiger partial charge in [-0.05, 0) is 49.7 Å². The quantitative estimate of drug-likeness (QED) is 0.903. The highest BCUT2D eigenvalue weighted by Gasteiger charge is 2.15. The number of carbonyl (C=O) groups excluding carboxylic acids is 1. The van der Waals surface area contributed by atoms with Gasteiger partial charge in [-0.1, -0.05) is 23.2 Å². The molecule has 0 saturated carbocycles. The molecule has 0 aromatic heterocycles. The van der Waals surface area contributed by atoms with Crippen LogP contribution < -0.4 is 5.32 Å². The number of carbonyl (C=O) groups is 2. The van der Waals surface area contributed by atoms with E-state index in [4.69, 9.17) is 11.6 Å². The smallest absolute Gasteiger partial charge is 0.337 e. The van der Waals surface area contributed by atoms with Gasteiger partial charge in [0.25, 0.3) is 5.91 Å². The van der Waals surface area contributed by atoms with Crippen LogP contribution in [0.5, 0.6) is 0 Å². The Balaban J connectivity index is 2.34. The van der Waals surface area contributed by atoms with E-state index in [2.05, 4.69) is 5.32 Å². The van der Waals surface area contributed by atoms with Crippen molar-refractivity contribution in [1.29, 1.82) is 0 Å². The van der Waals surface area contributed by atoms with Crippen LogP contribution in [-0.4, -0.2) is 17.0 Å². The van der Waals surface area contributed by atoms with Gasteiger partial charge in [-0.3, -0.25) is 4.79 Å². The molecule has 1 amide bonds. The summed E-state index contributed by atoms with van der Waals surface area (Å²) < 4.78 is 0. The average molecular weight is 304 g/mol. The predicted octanol–water partition coefficient (Wildman–Crippen LogP) is 3.91. The van der Waals surface area contributed by atoms with Crippen LogP contribution in [0.2, 0.25) is 5.02 Å². The normalized spacial score (nSPS) is 10.2. The predicted molar refractivity (Wildman–Crippen MR) is 82.3 cm³/mol. The van der Waals surface area contributed by atoms with Gasteiger partial charge in [0, 0.05) is 10.6 Å². The number of carboxylic acid groups (broad SMARTS) is 1. The maximum Gasteiger partial charge on any atom is 0.337 e. The molecule has 0 unspecified atom stereocenters. The number of aromatic carboxylic acids is 1.